The highest BCUT2D eigenvalue weighted by Gasteiger charge is 2.18. The minimum atomic E-state index is -0.620. The number of benzene rings is 2. The number of amides is 2. The van der Waals surface area contributed by atoms with Crippen molar-refractivity contribution in [1.29, 1.82) is 0 Å². The molecule has 0 aliphatic rings. The van der Waals surface area contributed by atoms with Gasteiger partial charge in [0.05, 0.1) is 11.4 Å². The topological polar surface area (TPSA) is 67.4 Å². The van der Waals surface area contributed by atoms with E-state index >= 15 is 0 Å². The molecule has 2 amide bonds. The second-order valence-corrected chi connectivity index (χ2v) is 9.21. The van der Waals surface area contributed by atoms with Gasteiger partial charge in [0.25, 0.3) is 5.91 Å². The molecule has 0 aliphatic heterocycles. The van der Waals surface area contributed by atoms with E-state index in [2.05, 4.69) is 17.6 Å². The van der Waals surface area contributed by atoms with Crippen molar-refractivity contribution in [3.63, 3.8) is 0 Å². The van der Waals surface area contributed by atoms with Gasteiger partial charge in [-0.25, -0.2) is 4.79 Å². The first-order chi connectivity index (χ1) is 14.7. The van der Waals surface area contributed by atoms with Crippen LogP contribution in [0.15, 0.2) is 60.0 Å². The Bertz CT molecular complexity index is 1040. The van der Waals surface area contributed by atoms with Gasteiger partial charge in [-0.15, -0.1) is 11.3 Å². The summed E-state index contributed by atoms with van der Waals surface area (Å²) in [5, 5.41) is 7.69. The minimum absolute atomic E-state index is 0.237. The van der Waals surface area contributed by atoms with Crippen molar-refractivity contribution in [2.24, 2.45) is 0 Å². The first-order valence-corrected chi connectivity index (χ1v) is 11.2. The lowest BCUT2D eigenvalue weighted by atomic mass is 10.1. The van der Waals surface area contributed by atoms with Crippen LogP contribution in [-0.4, -0.2) is 17.6 Å². The predicted molar refractivity (Wildman–Crippen MR) is 128 cm³/mol. The van der Waals surface area contributed by atoms with Crippen molar-refractivity contribution in [2.45, 2.75) is 46.1 Å². The molecule has 1 aromatic heterocycles. The smallest absolute Gasteiger partial charge is 0.412 e. The lowest BCUT2D eigenvalue weighted by molar-refractivity contribution is 0.0635. The van der Waals surface area contributed by atoms with E-state index in [-0.39, 0.29) is 5.91 Å². The highest BCUT2D eigenvalue weighted by Crippen LogP contribution is 2.32. The normalized spacial score (nSPS) is 11.1. The van der Waals surface area contributed by atoms with Crippen molar-refractivity contribution < 1.29 is 14.3 Å². The van der Waals surface area contributed by atoms with Gasteiger partial charge in [-0.3, -0.25) is 10.1 Å². The molecule has 2 N–H and O–H groups in total. The zero-order valence-electron chi connectivity index (χ0n) is 18.3. The summed E-state index contributed by atoms with van der Waals surface area (Å²) >= 11 is 1.61. The van der Waals surface area contributed by atoms with E-state index in [1.807, 2.05) is 53.9 Å². The summed E-state index contributed by atoms with van der Waals surface area (Å²) in [5.41, 5.74) is 3.09. The van der Waals surface area contributed by atoms with Crippen LogP contribution in [0.4, 0.5) is 16.2 Å². The highest BCUT2D eigenvalue weighted by atomic mass is 32.1. The number of nitrogens with one attached hydrogen (secondary N) is 2. The van der Waals surface area contributed by atoms with Gasteiger partial charge in [0.1, 0.15) is 5.60 Å². The summed E-state index contributed by atoms with van der Waals surface area (Å²) in [6, 6.07) is 17.1. The number of carbonyl (C=O) groups is 2. The quantitative estimate of drug-likeness (QED) is 0.438. The van der Waals surface area contributed by atoms with Crippen LogP contribution >= 0.6 is 11.3 Å². The maximum Gasteiger partial charge on any atom is 0.412 e. The Hall–Kier alpha value is -3.12. The summed E-state index contributed by atoms with van der Waals surface area (Å²) in [7, 11) is 0. The molecule has 0 saturated heterocycles. The number of rotatable bonds is 6. The standard InChI is InChI=1S/C25H28N2O3S/c1-5-7-17-9-11-18(12-10-17)23(28)26-21-16-19(22-8-6-15-31-22)13-14-20(21)27-24(29)30-25(2,3)4/h6,8-16H,5,7H2,1-4H3,(H,26,28)(H,27,29). The summed E-state index contributed by atoms with van der Waals surface area (Å²) in [5.74, 6) is -0.237. The van der Waals surface area contributed by atoms with Gasteiger partial charge in [-0.05, 0) is 74.0 Å². The number of hydrogen-bond acceptors (Lipinski definition) is 4. The van der Waals surface area contributed by atoms with Crippen LogP contribution in [0.5, 0.6) is 0 Å². The van der Waals surface area contributed by atoms with Gasteiger partial charge in [0, 0.05) is 10.4 Å². The predicted octanol–water partition coefficient (Wildman–Crippen LogP) is 6.97. The molecule has 2 aromatic carbocycles. The van der Waals surface area contributed by atoms with Gasteiger partial charge in [0.2, 0.25) is 0 Å². The van der Waals surface area contributed by atoms with Gasteiger partial charge >= 0.3 is 6.09 Å². The molecular formula is C25H28N2O3S. The van der Waals surface area contributed by atoms with E-state index in [1.54, 1.807) is 38.2 Å². The molecule has 0 saturated carbocycles. The number of thiophene rings is 1. The van der Waals surface area contributed by atoms with Gasteiger partial charge in [0.15, 0.2) is 0 Å². The van der Waals surface area contributed by atoms with E-state index in [0.717, 1.165) is 23.3 Å². The van der Waals surface area contributed by atoms with Crippen molar-refractivity contribution in [2.75, 3.05) is 10.6 Å². The van der Waals surface area contributed by atoms with E-state index < -0.39 is 11.7 Å². The van der Waals surface area contributed by atoms with Crippen molar-refractivity contribution >= 4 is 34.7 Å². The largest absolute Gasteiger partial charge is 0.444 e. The van der Waals surface area contributed by atoms with Crippen LogP contribution in [0, 0.1) is 0 Å². The van der Waals surface area contributed by atoms with Gasteiger partial charge < -0.3 is 10.1 Å². The van der Waals surface area contributed by atoms with Crippen molar-refractivity contribution in [3.8, 4) is 10.4 Å². The zero-order valence-corrected chi connectivity index (χ0v) is 19.1. The number of aryl methyl sites for hydroxylation is 1. The van der Waals surface area contributed by atoms with Crippen LogP contribution in [0.2, 0.25) is 0 Å². The molecule has 3 rings (SSSR count). The summed E-state index contributed by atoms with van der Waals surface area (Å²) < 4.78 is 5.36. The molecule has 5 nitrogen and oxygen atoms in total. The SMILES string of the molecule is CCCc1ccc(C(=O)Nc2cc(-c3cccs3)ccc2NC(=O)OC(C)(C)C)cc1. The second kappa shape index (κ2) is 9.79. The van der Waals surface area contributed by atoms with Crippen LogP contribution < -0.4 is 10.6 Å². The fraction of sp³-hybridized carbons (Fsp3) is 0.280. The lowest BCUT2D eigenvalue weighted by Crippen LogP contribution is -2.27. The number of anilines is 2. The molecule has 0 fully saturated rings. The Labute approximate surface area is 187 Å². The molecule has 1 heterocycles. The van der Waals surface area contributed by atoms with Crippen molar-refractivity contribution in [3.05, 3.63) is 71.1 Å². The molecule has 0 bridgehead atoms. The fourth-order valence-electron chi connectivity index (χ4n) is 3.07. The fourth-order valence-corrected chi connectivity index (χ4v) is 3.80. The van der Waals surface area contributed by atoms with Gasteiger partial charge in [-0.2, -0.15) is 0 Å². The number of ether oxygens (including phenoxy) is 1. The third-order valence-electron chi connectivity index (χ3n) is 4.46. The second-order valence-electron chi connectivity index (χ2n) is 8.27. The Morgan fingerprint density at radius 3 is 2.32 bits per heavy atom. The molecule has 0 unspecified atom stereocenters. The molecular weight excluding hydrogens is 408 g/mol. The highest BCUT2D eigenvalue weighted by molar-refractivity contribution is 7.13. The average Bonchev–Trinajstić information content (AvgIpc) is 3.23. The van der Waals surface area contributed by atoms with Crippen LogP contribution in [0.1, 0.15) is 50.0 Å². The first kappa shape index (κ1) is 22.6. The maximum absolute atomic E-state index is 12.9. The molecule has 6 heteroatoms. The lowest BCUT2D eigenvalue weighted by Gasteiger charge is -2.21. The monoisotopic (exact) mass is 436 g/mol. The maximum atomic E-state index is 12.9. The zero-order chi connectivity index (χ0) is 22.4. The molecule has 0 aliphatic carbocycles. The molecule has 162 valence electrons. The Morgan fingerprint density at radius 1 is 0.968 bits per heavy atom. The van der Waals surface area contributed by atoms with Crippen molar-refractivity contribution in [1.82, 2.24) is 0 Å². The minimum Gasteiger partial charge on any atom is -0.444 e. The van der Waals surface area contributed by atoms with Crippen LogP contribution in [0.3, 0.4) is 0 Å². The summed E-state index contributed by atoms with van der Waals surface area (Å²) in [4.78, 5) is 26.3. The van der Waals surface area contributed by atoms with E-state index in [4.69, 9.17) is 4.74 Å². The van der Waals surface area contributed by atoms with E-state index in [9.17, 15) is 9.59 Å². The number of hydrogen-bond donors (Lipinski definition) is 2. The third-order valence-corrected chi connectivity index (χ3v) is 5.38. The average molecular weight is 437 g/mol. The van der Waals surface area contributed by atoms with Crippen LogP contribution in [-0.2, 0) is 11.2 Å². The summed E-state index contributed by atoms with van der Waals surface area (Å²) in [6.07, 6.45) is 1.46. The summed E-state index contributed by atoms with van der Waals surface area (Å²) in [6.45, 7) is 7.53. The molecule has 3 aromatic rings. The third kappa shape index (κ3) is 6.43. The first-order valence-electron chi connectivity index (χ1n) is 10.3. The Kier molecular flexibility index (Phi) is 7.13. The molecule has 0 spiro atoms. The molecule has 0 radical (unpaired) electrons. The van der Waals surface area contributed by atoms with Gasteiger partial charge in [-0.1, -0.05) is 37.6 Å². The van der Waals surface area contributed by atoms with Crippen LogP contribution in [0.25, 0.3) is 10.4 Å². The molecule has 0 atom stereocenters. The molecule has 31 heavy (non-hydrogen) atoms. The van der Waals surface area contributed by atoms with E-state index in [1.165, 1.54) is 5.56 Å². The Balaban J connectivity index is 1.86. The number of carbonyl (C=O) groups excluding carboxylic acids is 2. The Morgan fingerprint density at radius 2 is 1.71 bits per heavy atom. The van der Waals surface area contributed by atoms with E-state index in [0.29, 0.717) is 16.9 Å².